The summed E-state index contributed by atoms with van der Waals surface area (Å²) >= 11 is 4.91. The van der Waals surface area contributed by atoms with E-state index < -0.39 is 0 Å². The number of hydrogen-bond donors (Lipinski definition) is 2. The number of thiocarbonyl (C=S) groups is 1. The Hall–Kier alpha value is -0.310. The molecule has 0 atom stereocenters. The molecule has 11 heavy (non-hydrogen) atoms. The Balaban J connectivity index is 2.95. The van der Waals surface area contributed by atoms with Crippen LogP contribution in [0, 0.1) is 0 Å². The van der Waals surface area contributed by atoms with Crippen LogP contribution in [-0.4, -0.2) is 18.7 Å². The molecule has 0 bridgehead atoms. The minimum atomic E-state index is 0.751. The van der Waals surface area contributed by atoms with Crippen molar-refractivity contribution >= 4 is 17.3 Å². The van der Waals surface area contributed by atoms with Gasteiger partial charge in [0.2, 0.25) is 0 Å². The van der Waals surface area contributed by atoms with Gasteiger partial charge in [0.1, 0.15) is 0 Å². The van der Waals surface area contributed by atoms with Crippen LogP contribution in [-0.2, 0) is 0 Å². The molecule has 0 saturated heterocycles. The smallest absolute Gasteiger partial charge is 0.166 e. The van der Waals surface area contributed by atoms with Crippen LogP contribution in [0.25, 0.3) is 0 Å². The maximum absolute atomic E-state index is 4.91. The lowest BCUT2D eigenvalue weighted by Crippen LogP contribution is -2.32. The summed E-state index contributed by atoms with van der Waals surface area (Å²) in [5, 5.41) is 6.74. The second-order valence-corrected chi connectivity index (χ2v) is 2.97. The topological polar surface area (TPSA) is 24.1 Å². The predicted molar refractivity (Wildman–Crippen MR) is 53.8 cm³/mol. The number of hydrogen-bond acceptors (Lipinski definition) is 1. The van der Waals surface area contributed by atoms with Crippen LogP contribution in [0.1, 0.15) is 32.6 Å². The molecule has 0 saturated carbocycles. The summed E-state index contributed by atoms with van der Waals surface area (Å²) in [6.07, 6.45) is 5.13. The summed E-state index contributed by atoms with van der Waals surface area (Å²) in [6.45, 7) is 3.21. The lowest BCUT2D eigenvalue weighted by Gasteiger charge is -2.05. The van der Waals surface area contributed by atoms with Gasteiger partial charge >= 0.3 is 0 Å². The van der Waals surface area contributed by atoms with Crippen molar-refractivity contribution in [1.29, 1.82) is 0 Å². The van der Waals surface area contributed by atoms with E-state index >= 15 is 0 Å². The van der Waals surface area contributed by atoms with Crippen LogP contribution in [0.4, 0.5) is 0 Å². The van der Waals surface area contributed by atoms with Crippen molar-refractivity contribution in [2.45, 2.75) is 32.6 Å². The highest BCUT2D eigenvalue weighted by Crippen LogP contribution is 1.96. The first-order chi connectivity index (χ1) is 5.31. The highest BCUT2D eigenvalue weighted by atomic mass is 32.1. The molecule has 0 radical (unpaired) electrons. The standard InChI is InChI=1S/C8H18N2S/c1-3-4-5-6-7-10-8(11)9-2/h3-7H2,1-2H3,(H2,9,10,11). The third kappa shape index (κ3) is 7.59. The molecule has 0 aromatic heterocycles. The average molecular weight is 174 g/mol. The monoisotopic (exact) mass is 174 g/mol. The Morgan fingerprint density at radius 3 is 2.55 bits per heavy atom. The van der Waals surface area contributed by atoms with Crippen molar-refractivity contribution in [1.82, 2.24) is 10.6 Å². The maximum Gasteiger partial charge on any atom is 0.166 e. The third-order valence-electron chi connectivity index (χ3n) is 1.54. The van der Waals surface area contributed by atoms with Crippen molar-refractivity contribution in [3.63, 3.8) is 0 Å². The Bertz CT molecular complexity index is 104. The molecule has 0 heterocycles. The molecule has 0 unspecified atom stereocenters. The van der Waals surface area contributed by atoms with Gasteiger partial charge in [-0.2, -0.15) is 0 Å². The van der Waals surface area contributed by atoms with Crippen LogP contribution >= 0.6 is 12.2 Å². The van der Waals surface area contributed by atoms with Crippen molar-refractivity contribution in [2.75, 3.05) is 13.6 Å². The first-order valence-electron chi connectivity index (χ1n) is 4.26. The molecule has 0 spiro atoms. The minimum absolute atomic E-state index is 0.751. The predicted octanol–water partition coefficient (Wildman–Crippen LogP) is 1.66. The second kappa shape index (κ2) is 7.79. The van der Waals surface area contributed by atoms with E-state index in [1.807, 2.05) is 7.05 Å². The third-order valence-corrected chi connectivity index (χ3v) is 1.89. The molecule has 0 fully saturated rings. The number of rotatable bonds is 5. The zero-order valence-corrected chi connectivity index (χ0v) is 8.26. The van der Waals surface area contributed by atoms with Crippen LogP contribution in [0.2, 0.25) is 0 Å². The first kappa shape index (κ1) is 10.7. The molecule has 0 rings (SSSR count). The second-order valence-electron chi connectivity index (χ2n) is 2.57. The summed E-state index contributed by atoms with van der Waals surface area (Å²) in [7, 11) is 1.83. The molecule has 0 amide bonds. The lowest BCUT2D eigenvalue weighted by molar-refractivity contribution is 0.652. The first-order valence-corrected chi connectivity index (χ1v) is 4.67. The summed E-state index contributed by atoms with van der Waals surface area (Å²) in [4.78, 5) is 0. The van der Waals surface area contributed by atoms with E-state index in [2.05, 4.69) is 17.6 Å². The lowest BCUT2D eigenvalue weighted by atomic mass is 10.2. The fourth-order valence-corrected chi connectivity index (χ4v) is 0.944. The van der Waals surface area contributed by atoms with Crippen LogP contribution in [0.3, 0.4) is 0 Å². The van der Waals surface area contributed by atoms with Crippen molar-refractivity contribution in [3.05, 3.63) is 0 Å². The van der Waals surface area contributed by atoms with Gasteiger partial charge in [-0.1, -0.05) is 26.2 Å². The summed E-state index contributed by atoms with van der Waals surface area (Å²) in [5.74, 6) is 0. The number of unbranched alkanes of at least 4 members (excludes halogenated alkanes) is 3. The van der Waals surface area contributed by atoms with Crippen LogP contribution < -0.4 is 10.6 Å². The van der Waals surface area contributed by atoms with Gasteiger partial charge in [0, 0.05) is 13.6 Å². The van der Waals surface area contributed by atoms with Crippen molar-refractivity contribution in [3.8, 4) is 0 Å². The van der Waals surface area contributed by atoms with E-state index in [1.54, 1.807) is 0 Å². The Labute approximate surface area is 74.8 Å². The van der Waals surface area contributed by atoms with Gasteiger partial charge in [-0.15, -0.1) is 0 Å². The van der Waals surface area contributed by atoms with Gasteiger partial charge in [0.05, 0.1) is 0 Å². The van der Waals surface area contributed by atoms with E-state index in [-0.39, 0.29) is 0 Å². The highest BCUT2D eigenvalue weighted by molar-refractivity contribution is 7.80. The van der Waals surface area contributed by atoms with E-state index in [0.29, 0.717) is 0 Å². The SMILES string of the molecule is CCCCCCNC(=S)NC. The molecule has 0 aliphatic rings. The minimum Gasteiger partial charge on any atom is -0.366 e. The Kier molecular flexibility index (Phi) is 7.57. The number of nitrogens with one attached hydrogen (secondary N) is 2. The molecular weight excluding hydrogens is 156 g/mol. The van der Waals surface area contributed by atoms with Crippen molar-refractivity contribution < 1.29 is 0 Å². The van der Waals surface area contributed by atoms with E-state index in [4.69, 9.17) is 12.2 Å². The molecule has 2 nitrogen and oxygen atoms in total. The fraction of sp³-hybridized carbons (Fsp3) is 0.875. The molecule has 0 aromatic carbocycles. The summed E-state index contributed by atoms with van der Waals surface area (Å²) in [5.41, 5.74) is 0. The normalized spacial score (nSPS) is 9.27. The average Bonchev–Trinajstić information content (AvgIpc) is 2.04. The van der Waals surface area contributed by atoms with Gasteiger partial charge in [-0.05, 0) is 18.6 Å². The fourth-order valence-electron chi connectivity index (χ4n) is 0.842. The summed E-state index contributed by atoms with van der Waals surface area (Å²) in [6, 6.07) is 0. The molecule has 3 heteroatoms. The maximum atomic E-state index is 4.91. The molecule has 2 N–H and O–H groups in total. The molecule has 66 valence electrons. The van der Waals surface area contributed by atoms with Crippen LogP contribution in [0.5, 0.6) is 0 Å². The van der Waals surface area contributed by atoms with Crippen LogP contribution in [0.15, 0.2) is 0 Å². The molecule has 0 aliphatic carbocycles. The van der Waals surface area contributed by atoms with Gasteiger partial charge in [0.15, 0.2) is 5.11 Å². The van der Waals surface area contributed by atoms with Gasteiger partial charge < -0.3 is 10.6 Å². The Morgan fingerprint density at radius 2 is 2.00 bits per heavy atom. The van der Waals surface area contributed by atoms with E-state index in [9.17, 15) is 0 Å². The van der Waals surface area contributed by atoms with Gasteiger partial charge in [-0.3, -0.25) is 0 Å². The largest absolute Gasteiger partial charge is 0.366 e. The highest BCUT2D eigenvalue weighted by Gasteiger charge is 1.89. The van der Waals surface area contributed by atoms with Gasteiger partial charge in [0.25, 0.3) is 0 Å². The molecular formula is C8H18N2S. The summed E-state index contributed by atoms with van der Waals surface area (Å²) < 4.78 is 0. The van der Waals surface area contributed by atoms with Crippen molar-refractivity contribution in [2.24, 2.45) is 0 Å². The molecule has 0 aromatic rings. The Morgan fingerprint density at radius 1 is 1.27 bits per heavy atom. The quantitative estimate of drug-likeness (QED) is 0.489. The van der Waals surface area contributed by atoms with E-state index in [0.717, 1.165) is 11.7 Å². The van der Waals surface area contributed by atoms with E-state index in [1.165, 1.54) is 25.7 Å². The van der Waals surface area contributed by atoms with Gasteiger partial charge in [-0.25, -0.2) is 0 Å². The zero-order chi connectivity index (χ0) is 8.53. The zero-order valence-electron chi connectivity index (χ0n) is 7.44. The molecule has 0 aliphatic heterocycles.